The summed E-state index contributed by atoms with van der Waals surface area (Å²) in [7, 11) is 1.63. The van der Waals surface area contributed by atoms with Crippen molar-refractivity contribution >= 4 is 28.9 Å². The van der Waals surface area contributed by atoms with Gasteiger partial charge in [-0.15, -0.1) is 0 Å². The van der Waals surface area contributed by atoms with E-state index >= 15 is 0 Å². The number of benzene rings is 2. The van der Waals surface area contributed by atoms with Gasteiger partial charge >= 0.3 is 0 Å². The Hall–Kier alpha value is -2.20. The van der Waals surface area contributed by atoms with Crippen LogP contribution in [0.4, 0.5) is 11.4 Å². The lowest BCUT2D eigenvalue weighted by Crippen LogP contribution is -2.16. The van der Waals surface area contributed by atoms with E-state index in [9.17, 15) is 4.79 Å². The zero-order chi connectivity index (χ0) is 15.9. The third-order valence-electron chi connectivity index (χ3n) is 3.13. The van der Waals surface area contributed by atoms with Crippen LogP contribution in [0.2, 0.25) is 5.02 Å². The van der Waals surface area contributed by atoms with E-state index in [1.54, 1.807) is 31.4 Å². The van der Waals surface area contributed by atoms with Crippen LogP contribution in [0.1, 0.15) is 12.0 Å². The molecule has 2 N–H and O–H groups in total. The Morgan fingerprint density at radius 1 is 1.23 bits per heavy atom. The first-order chi connectivity index (χ1) is 10.6. The summed E-state index contributed by atoms with van der Waals surface area (Å²) in [5, 5.41) is 6.63. The number of carbonyl (C=O) groups excluding carboxylic acids is 1. The maximum Gasteiger partial charge on any atom is 0.226 e. The minimum atomic E-state index is -0.0682. The average Bonchev–Trinajstić information content (AvgIpc) is 2.47. The molecule has 0 aliphatic carbocycles. The van der Waals surface area contributed by atoms with Crippen molar-refractivity contribution in [1.82, 2.24) is 0 Å². The molecule has 0 aliphatic heterocycles. The topological polar surface area (TPSA) is 50.4 Å². The minimum Gasteiger partial charge on any atom is -0.495 e. The van der Waals surface area contributed by atoms with E-state index in [1.165, 1.54) is 0 Å². The van der Waals surface area contributed by atoms with E-state index in [2.05, 4.69) is 10.6 Å². The number of methoxy groups -OCH3 is 1. The number of carbonyl (C=O) groups is 1. The van der Waals surface area contributed by atoms with Gasteiger partial charge in [-0.2, -0.15) is 0 Å². The largest absolute Gasteiger partial charge is 0.495 e. The van der Waals surface area contributed by atoms with Crippen molar-refractivity contribution < 1.29 is 9.53 Å². The van der Waals surface area contributed by atoms with E-state index in [4.69, 9.17) is 16.3 Å². The summed E-state index contributed by atoms with van der Waals surface area (Å²) >= 11 is 5.88. The second kappa shape index (κ2) is 7.71. The molecule has 116 valence electrons. The van der Waals surface area contributed by atoms with Crippen LogP contribution in [-0.4, -0.2) is 19.6 Å². The van der Waals surface area contributed by atoms with Gasteiger partial charge in [0.05, 0.1) is 12.8 Å². The maximum absolute atomic E-state index is 11.9. The first-order valence-electron chi connectivity index (χ1n) is 7.02. The molecule has 0 radical (unpaired) electrons. The number of halogens is 1. The molecule has 2 aromatic rings. The summed E-state index contributed by atoms with van der Waals surface area (Å²) in [6.45, 7) is 2.53. The van der Waals surface area contributed by atoms with E-state index in [0.29, 0.717) is 23.7 Å². The Morgan fingerprint density at radius 2 is 2.05 bits per heavy atom. The molecule has 0 saturated heterocycles. The van der Waals surface area contributed by atoms with Gasteiger partial charge in [0, 0.05) is 23.7 Å². The van der Waals surface area contributed by atoms with Crippen molar-refractivity contribution in [2.45, 2.75) is 13.3 Å². The van der Waals surface area contributed by atoms with Gasteiger partial charge in [0.15, 0.2) is 0 Å². The van der Waals surface area contributed by atoms with E-state index in [0.717, 1.165) is 17.0 Å². The molecule has 0 saturated carbocycles. The second-order valence-electron chi connectivity index (χ2n) is 4.94. The van der Waals surface area contributed by atoms with Crippen molar-refractivity contribution in [2.75, 3.05) is 24.3 Å². The van der Waals surface area contributed by atoms with Crippen LogP contribution in [-0.2, 0) is 4.79 Å². The van der Waals surface area contributed by atoms with Gasteiger partial charge in [0.25, 0.3) is 0 Å². The predicted octanol–water partition coefficient (Wildman–Crippen LogP) is 4.10. The first-order valence-corrected chi connectivity index (χ1v) is 7.40. The van der Waals surface area contributed by atoms with Gasteiger partial charge in [-0.3, -0.25) is 4.79 Å². The normalized spacial score (nSPS) is 10.1. The fourth-order valence-electron chi connectivity index (χ4n) is 2.06. The number of rotatable bonds is 6. The van der Waals surface area contributed by atoms with Crippen LogP contribution in [0.5, 0.6) is 5.75 Å². The summed E-state index contributed by atoms with van der Waals surface area (Å²) in [4.78, 5) is 11.9. The van der Waals surface area contributed by atoms with Crippen LogP contribution in [0.25, 0.3) is 0 Å². The van der Waals surface area contributed by atoms with Crippen LogP contribution in [0, 0.1) is 6.92 Å². The van der Waals surface area contributed by atoms with Crippen molar-refractivity contribution in [2.24, 2.45) is 0 Å². The Morgan fingerprint density at radius 3 is 2.77 bits per heavy atom. The number of anilines is 2. The molecule has 0 atom stereocenters. The Bertz CT molecular complexity index is 659. The molecule has 2 aromatic carbocycles. The summed E-state index contributed by atoms with van der Waals surface area (Å²) < 4.78 is 5.29. The molecule has 5 heteroatoms. The molecule has 0 aliphatic rings. The fourth-order valence-corrected chi connectivity index (χ4v) is 2.25. The standard InChI is InChI=1S/C17H19ClN2O2/c1-12-6-7-16(22-2)15(10-12)19-9-8-17(21)20-14-5-3-4-13(18)11-14/h3-7,10-11,19H,8-9H2,1-2H3,(H,20,21). The van der Waals surface area contributed by atoms with Crippen molar-refractivity contribution in [3.8, 4) is 5.75 Å². The zero-order valence-corrected chi connectivity index (χ0v) is 13.4. The summed E-state index contributed by atoms with van der Waals surface area (Å²) in [6.07, 6.45) is 0.351. The van der Waals surface area contributed by atoms with Crippen LogP contribution in [0.15, 0.2) is 42.5 Å². The van der Waals surface area contributed by atoms with Gasteiger partial charge in [-0.25, -0.2) is 0 Å². The Kier molecular flexibility index (Phi) is 5.67. The van der Waals surface area contributed by atoms with Crippen LogP contribution < -0.4 is 15.4 Å². The fraction of sp³-hybridized carbons (Fsp3) is 0.235. The molecule has 1 amide bonds. The number of hydrogen-bond acceptors (Lipinski definition) is 3. The first kappa shape index (κ1) is 16.2. The SMILES string of the molecule is COc1ccc(C)cc1NCCC(=O)Nc1cccc(Cl)c1. The number of amides is 1. The van der Waals surface area contributed by atoms with Gasteiger partial charge in [0.2, 0.25) is 5.91 Å². The van der Waals surface area contributed by atoms with E-state index in [1.807, 2.05) is 25.1 Å². The molecule has 0 bridgehead atoms. The van der Waals surface area contributed by atoms with Crippen LogP contribution >= 0.6 is 11.6 Å². The van der Waals surface area contributed by atoms with Gasteiger partial charge in [-0.1, -0.05) is 23.7 Å². The van der Waals surface area contributed by atoms with Gasteiger partial charge < -0.3 is 15.4 Å². The lowest BCUT2D eigenvalue weighted by molar-refractivity contribution is -0.115. The van der Waals surface area contributed by atoms with Crippen molar-refractivity contribution in [3.05, 3.63) is 53.1 Å². The molecule has 4 nitrogen and oxygen atoms in total. The summed E-state index contributed by atoms with van der Waals surface area (Å²) in [5.41, 5.74) is 2.72. The molecule has 0 heterocycles. The van der Waals surface area contributed by atoms with E-state index < -0.39 is 0 Å². The number of ether oxygens (including phenoxy) is 1. The second-order valence-corrected chi connectivity index (χ2v) is 5.38. The molecular weight excluding hydrogens is 300 g/mol. The molecule has 0 fully saturated rings. The third kappa shape index (κ3) is 4.67. The molecule has 22 heavy (non-hydrogen) atoms. The summed E-state index contributed by atoms with van der Waals surface area (Å²) in [6, 6.07) is 13.0. The number of nitrogens with one attached hydrogen (secondary N) is 2. The highest BCUT2D eigenvalue weighted by atomic mass is 35.5. The lowest BCUT2D eigenvalue weighted by Gasteiger charge is -2.12. The van der Waals surface area contributed by atoms with E-state index in [-0.39, 0.29) is 5.91 Å². The highest BCUT2D eigenvalue weighted by molar-refractivity contribution is 6.30. The quantitative estimate of drug-likeness (QED) is 0.843. The predicted molar refractivity (Wildman–Crippen MR) is 90.9 cm³/mol. The summed E-state index contributed by atoms with van der Waals surface area (Å²) in [5.74, 6) is 0.697. The zero-order valence-electron chi connectivity index (χ0n) is 12.7. The third-order valence-corrected chi connectivity index (χ3v) is 3.37. The van der Waals surface area contributed by atoms with Gasteiger partial charge in [-0.05, 0) is 42.8 Å². The number of hydrogen-bond donors (Lipinski definition) is 2. The highest BCUT2D eigenvalue weighted by Gasteiger charge is 2.05. The van der Waals surface area contributed by atoms with Crippen LogP contribution in [0.3, 0.4) is 0 Å². The highest BCUT2D eigenvalue weighted by Crippen LogP contribution is 2.25. The number of aryl methyl sites for hydroxylation is 1. The minimum absolute atomic E-state index is 0.0682. The maximum atomic E-state index is 11.9. The molecule has 2 rings (SSSR count). The molecule has 0 aromatic heterocycles. The Balaban J connectivity index is 1.86. The van der Waals surface area contributed by atoms with Crippen molar-refractivity contribution in [3.63, 3.8) is 0 Å². The molecule has 0 spiro atoms. The lowest BCUT2D eigenvalue weighted by atomic mass is 10.2. The smallest absolute Gasteiger partial charge is 0.226 e. The van der Waals surface area contributed by atoms with Gasteiger partial charge in [0.1, 0.15) is 5.75 Å². The monoisotopic (exact) mass is 318 g/mol. The molecular formula is C17H19ClN2O2. The Labute approximate surface area is 135 Å². The average molecular weight is 319 g/mol. The van der Waals surface area contributed by atoms with Crippen molar-refractivity contribution in [1.29, 1.82) is 0 Å². The molecule has 0 unspecified atom stereocenters.